The standard InChI is InChI=1S/C17H23N3O3S/c1-13-6-7-15-14(12-13)18-16(19-24(15,22)23)8-9-17(21)20-10-4-2-3-5-11-20/h6-7,12H,2-5,8-11H2,1H3,(H,18,19). The second-order valence-corrected chi connectivity index (χ2v) is 8.01. The van der Waals surface area contributed by atoms with Crippen LogP contribution in [0, 0.1) is 6.92 Å². The van der Waals surface area contributed by atoms with Crippen LogP contribution in [-0.2, 0) is 14.8 Å². The van der Waals surface area contributed by atoms with Gasteiger partial charge in [-0.15, -0.1) is 4.40 Å². The number of carbonyl (C=O) groups is 1. The first kappa shape index (κ1) is 17.0. The van der Waals surface area contributed by atoms with Crippen molar-refractivity contribution in [3.63, 3.8) is 0 Å². The van der Waals surface area contributed by atoms with Gasteiger partial charge < -0.3 is 10.2 Å². The molecule has 0 radical (unpaired) electrons. The average Bonchev–Trinajstić information content (AvgIpc) is 2.80. The van der Waals surface area contributed by atoms with E-state index in [1.807, 2.05) is 11.8 Å². The molecule has 24 heavy (non-hydrogen) atoms. The molecule has 0 unspecified atom stereocenters. The van der Waals surface area contributed by atoms with Gasteiger partial charge >= 0.3 is 0 Å². The molecule has 0 atom stereocenters. The maximum absolute atomic E-state index is 12.3. The summed E-state index contributed by atoms with van der Waals surface area (Å²) in [6.07, 6.45) is 5.03. The average molecular weight is 349 g/mol. The number of fused-ring (bicyclic) bond motifs is 1. The molecule has 3 rings (SSSR count). The minimum absolute atomic E-state index is 0.0776. The van der Waals surface area contributed by atoms with Gasteiger partial charge in [-0.3, -0.25) is 4.79 Å². The first-order valence-electron chi connectivity index (χ1n) is 8.45. The Balaban J connectivity index is 1.68. The van der Waals surface area contributed by atoms with E-state index >= 15 is 0 Å². The van der Waals surface area contributed by atoms with Gasteiger partial charge in [0.1, 0.15) is 10.7 Å². The number of rotatable bonds is 3. The second-order valence-electron chi connectivity index (χ2n) is 6.43. The van der Waals surface area contributed by atoms with Crippen LogP contribution in [0.25, 0.3) is 0 Å². The fraction of sp³-hybridized carbons (Fsp3) is 0.529. The predicted octanol–water partition coefficient (Wildman–Crippen LogP) is 2.69. The van der Waals surface area contributed by atoms with Crippen LogP contribution in [0.2, 0.25) is 0 Å². The van der Waals surface area contributed by atoms with Gasteiger partial charge in [-0.05, 0) is 37.5 Å². The van der Waals surface area contributed by atoms with E-state index in [1.165, 1.54) is 12.8 Å². The van der Waals surface area contributed by atoms with Crippen molar-refractivity contribution in [1.29, 1.82) is 0 Å². The number of hydrogen-bond donors (Lipinski definition) is 1. The van der Waals surface area contributed by atoms with Crippen LogP contribution in [-0.4, -0.2) is 38.2 Å². The van der Waals surface area contributed by atoms with Crippen molar-refractivity contribution in [3.8, 4) is 0 Å². The first-order chi connectivity index (χ1) is 11.5. The molecule has 0 spiro atoms. The van der Waals surface area contributed by atoms with Crippen LogP contribution < -0.4 is 5.32 Å². The van der Waals surface area contributed by atoms with Crippen molar-refractivity contribution in [2.75, 3.05) is 18.4 Å². The Labute approximate surface area is 143 Å². The number of amides is 1. The summed E-state index contributed by atoms with van der Waals surface area (Å²) >= 11 is 0. The van der Waals surface area contributed by atoms with E-state index in [4.69, 9.17) is 0 Å². The molecule has 130 valence electrons. The number of likely N-dealkylation sites (tertiary alicyclic amines) is 1. The van der Waals surface area contributed by atoms with Crippen molar-refractivity contribution in [2.45, 2.75) is 50.3 Å². The third kappa shape index (κ3) is 3.77. The van der Waals surface area contributed by atoms with E-state index in [1.54, 1.807) is 18.2 Å². The molecule has 1 aromatic rings. The van der Waals surface area contributed by atoms with Gasteiger partial charge in [-0.25, -0.2) is 0 Å². The molecule has 6 nitrogen and oxygen atoms in total. The molecule has 0 aliphatic carbocycles. The number of sulfonamides is 1. The zero-order valence-electron chi connectivity index (χ0n) is 13.9. The Morgan fingerprint density at radius 3 is 2.62 bits per heavy atom. The minimum Gasteiger partial charge on any atom is -0.343 e. The maximum atomic E-state index is 12.3. The fourth-order valence-electron chi connectivity index (χ4n) is 3.15. The number of nitrogens with zero attached hydrogens (tertiary/aromatic N) is 2. The molecule has 1 aromatic carbocycles. The van der Waals surface area contributed by atoms with E-state index in [-0.39, 0.29) is 17.2 Å². The van der Waals surface area contributed by atoms with Crippen molar-refractivity contribution in [2.24, 2.45) is 4.40 Å². The third-order valence-electron chi connectivity index (χ3n) is 4.46. The molecule has 2 aliphatic rings. The molecule has 1 N–H and O–H groups in total. The monoisotopic (exact) mass is 349 g/mol. The highest BCUT2D eigenvalue weighted by Crippen LogP contribution is 2.28. The van der Waals surface area contributed by atoms with E-state index < -0.39 is 10.0 Å². The van der Waals surface area contributed by atoms with Crippen molar-refractivity contribution < 1.29 is 13.2 Å². The van der Waals surface area contributed by atoms with Crippen LogP contribution in [0.1, 0.15) is 44.1 Å². The molecule has 0 aromatic heterocycles. The molecule has 2 heterocycles. The Morgan fingerprint density at radius 2 is 1.92 bits per heavy atom. The van der Waals surface area contributed by atoms with Crippen LogP contribution in [0.3, 0.4) is 0 Å². The van der Waals surface area contributed by atoms with E-state index in [0.29, 0.717) is 17.9 Å². The largest absolute Gasteiger partial charge is 0.343 e. The number of aryl methyl sites for hydroxylation is 1. The summed E-state index contributed by atoms with van der Waals surface area (Å²) in [6, 6.07) is 5.11. The summed E-state index contributed by atoms with van der Waals surface area (Å²) in [5.41, 5.74) is 1.51. The third-order valence-corrected chi connectivity index (χ3v) is 5.83. The molecule has 0 bridgehead atoms. The highest BCUT2D eigenvalue weighted by atomic mass is 32.2. The topological polar surface area (TPSA) is 78.8 Å². The molecule has 1 saturated heterocycles. The smallest absolute Gasteiger partial charge is 0.286 e. The normalized spacial score (nSPS) is 19.7. The van der Waals surface area contributed by atoms with Gasteiger partial charge in [-0.2, -0.15) is 8.42 Å². The number of amidine groups is 1. The highest BCUT2D eigenvalue weighted by molar-refractivity contribution is 7.90. The minimum atomic E-state index is -3.69. The Hall–Kier alpha value is -1.89. The van der Waals surface area contributed by atoms with Gasteiger partial charge in [0.2, 0.25) is 5.91 Å². The van der Waals surface area contributed by atoms with Crippen molar-refractivity contribution in [1.82, 2.24) is 4.90 Å². The number of hydrogen-bond acceptors (Lipinski definition) is 4. The van der Waals surface area contributed by atoms with Gasteiger partial charge in [0.15, 0.2) is 0 Å². The quantitative estimate of drug-likeness (QED) is 0.910. The summed E-state index contributed by atoms with van der Waals surface area (Å²) in [5.74, 6) is 0.421. The van der Waals surface area contributed by atoms with Gasteiger partial charge in [0.25, 0.3) is 10.0 Å². The second kappa shape index (κ2) is 6.93. The van der Waals surface area contributed by atoms with E-state index in [2.05, 4.69) is 9.71 Å². The summed E-state index contributed by atoms with van der Waals surface area (Å²) in [6.45, 7) is 3.51. The summed E-state index contributed by atoms with van der Waals surface area (Å²) in [4.78, 5) is 14.4. The van der Waals surface area contributed by atoms with Crippen molar-refractivity contribution in [3.05, 3.63) is 23.8 Å². The molecular weight excluding hydrogens is 326 g/mol. The number of benzene rings is 1. The molecule has 1 amide bonds. The molecule has 7 heteroatoms. The lowest BCUT2D eigenvalue weighted by Gasteiger charge is -2.22. The lowest BCUT2D eigenvalue weighted by atomic mass is 10.2. The van der Waals surface area contributed by atoms with E-state index in [9.17, 15) is 13.2 Å². The predicted molar refractivity (Wildman–Crippen MR) is 93.7 cm³/mol. The van der Waals surface area contributed by atoms with Crippen LogP contribution >= 0.6 is 0 Å². The fourth-order valence-corrected chi connectivity index (χ4v) is 4.30. The number of carbonyl (C=O) groups excluding carboxylic acids is 1. The Morgan fingerprint density at radius 1 is 1.21 bits per heavy atom. The number of anilines is 1. The van der Waals surface area contributed by atoms with Crippen LogP contribution in [0.15, 0.2) is 27.5 Å². The zero-order valence-corrected chi connectivity index (χ0v) is 14.7. The van der Waals surface area contributed by atoms with Gasteiger partial charge in [-0.1, -0.05) is 18.9 Å². The van der Waals surface area contributed by atoms with Gasteiger partial charge in [0, 0.05) is 25.9 Å². The lowest BCUT2D eigenvalue weighted by Crippen LogP contribution is -2.32. The molecule has 1 fully saturated rings. The van der Waals surface area contributed by atoms with Crippen LogP contribution in [0.4, 0.5) is 5.69 Å². The van der Waals surface area contributed by atoms with Gasteiger partial charge in [0.05, 0.1) is 5.69 Å². The summed E-state index contributed by atoms with van der Waals surface area (Å²) < 4.78 is 28.4. The van der Waals surface area contributed by atoms with E-state index in [0.717, 1.165) is 31.5 Å². The molecular formula is C17H23N3O3S. The SMILES string of the molecule is Cc1ccc2c(c1)NC(CCC(=O)N1CCCCCC1)=NS2(=O)=O. The Kier molecular flexibility index (Phi) is 4.89. The highest BCUT2D eigenvalue weighted by Gasteiger charge is 2.25. The first-order valence-corrected chi connectivity index (χ1v) is 9.89. The Bertz CT molecular complexity index is 763. The zero-order chi connectivity index (χ0) is 17.2. The van der Waals surface area contributed by atoms with Crippen LogP contribution in [0.5, 0.6) is 0 Å². The maximum Gasteiger partial charge on any atom is 0.286 e. The summed E-state index contributed by atoms with van der Waals surface area (Å²) in [5, 5.41) is 3.06. The summed E-state index contributed by atoms with van der Waals surface area (Å²) in [7, 11) is -3.69. The molecule has 2 aliphatic heterocycles. The lowest BCUT2D eigenvalue weighted by molar-refractivity contribution is -0.131. The van der Waals surface area contributed by atoms with Crippen molar-refractivity contribution >= 4 is 27.5 Å². The number of nitrogens with one attached hydrogen (secondary N) is 1. The molecule has 0 saturated carbocycles.